The van der Waals surface area contributed by atoms with E-state index in [1.165, 1.54) is 4.90 Å². The summed E-state index contributed by atoms with van der Waals surface area (Å²) in [6.45, 7) is 0.747. The van der Waals surface area contributed by atoms with Crippen molar-refractivity contribution in [2.45, 2.75) is 5.92 Å². The summed E-state index contributed by atoms with van der Waals surface area (Å²) in [4.78, 5) is 56.6. The first-order chi connectivity index (χ1) is 18.3. The molecule has 7 heteroatoms. The summed E-state index contributed by atoms with van der Waals surface area (Å²) in [6, 6.07) is 25.2. The lowest BCUT2D eigenvalue weighted by Gasteiger charge is -2.43. The minimum Gasteiger partial charge on any atom is -0.355 e. The van der Waals surface area contributed by atoms with Crippen LogP contribution in [0, 0.1) is 11.8 Å². The molecule has 0 bridgehead atoms. The molecule has 1 saturated heterocycles. The number of Topliss-reactive ketones (excluding diaryl/α,β-unsaturated/α-hetero) is 2. The van der Waals surface area contributed by atoms with E-state index in [-0.39, 0.29) is 29.9 Å². The van der Waals surface area contributed by atoms with Crippen molar-refractivity contribution in [3.8, 4) is 0 Å². The van der Waals surface area contributed by atoms with Crippen LogP contribution in [0.15, 0.2) is 84.9 Å². The first-order valence-electron chi connectivity index (χ1n) is 12.7. The Morgan fingerprint density at radius 3 is 1.74 bits per heavy atom. The van der Waals surface area contributed by atoms with Crippen LogP contribution in [0.4, 0.5) is 0 Å². The maximum absolute atomic E-state index is 14.0. The highest BCUT2D eigenvalue weighted by molar-refractivity contribution is 6.02. The number of likely N-dealkylation sites (tertiary alicyclic amines) is 1. The lowest BCUT2D eigenvalue weighted by atomic mass is 9.68. The highest BCUT2D eigenvalue weighted by atomic mass is 16.2. The van der Waals surface area contributed by atoms with Gasteiger partial charge in [0.05, 0.1) is 6.54 Å². The summed E-state index contributed by atoms with van der Waals surface area (Å²) in [7, 11) is 4.95. The van der Waals surface area contributed by atoms with Gasteiger partial charge < -0.3 is 10.2 Å². The van der Waals surface area contributed by atoms with Gasteiger partial charge in [-0.2, -0.15) is 0 Å². The third-order valence-electron chi connectivity index (χ3n) is 7.19. The highest BCUT2D eigenvalue weighted by Crippen LogP contribution is 2.41. The Balaban J connectivity index is 1.84. The smallest absolute Gasteiger partial charge is 0.251 e. The van der Waals surface area contributed by atoms with Crippen LogP contribution in [-0.4, -0.2) is 74.0 Å². The molecule has 4 rings (SSSR count). The predicted octanol–water partition coefficient (Wildman–Crippen LogP) is 3.53. The molecule has 1 heterocycles. The molecule has 2 unspecified atom stereocenters. The number of carbonyl (C=O) groups is 4. The molecule has 0 aromatic heterocycles. The maximum atomic E-state index is 14.0. The molecule has 7 nitrogen and oxygen atoms in total. The van der Waals surface area contributed by atoms with Gasteiger partial charge in [-0.15, -0.1) is 0 Å². The predicted molar refractivity (Wildman–Crippen MR) is 146 cm³/mol. The summed E-state index contributed by atoms with van der Waals surface area (Å²) in [5, 5.41) is 2.65. The molecule has 0 radical (unpaired) electrons. The topological polar surface area (TPSA) is 86.8 Å². The number of hydrogen-bond acceptors (Lipinski definition) is 5. The lowest BCUT2D eigenvalue weighted by molar-refractivity contribution is -0.130. The molecule has 0 aliphatic carbocycles. The van der Waals surface area contributed by atoms with Gasteiger partial charge in [0.15, 0.2) is 11.6 Å². The van der Waals surface area contributed by atoms with E-state index < -0.39 is 17.8 Å². The molecule has 1 aliphatic heterocycles. The highest BCUT2D eigenvalue weighted by Gasteiger charge is 2.45. The average molecular weight is 512 g/mol. The first kappa shape index (κ1) is 26.9. The molecule has 0 saturated carbocycles. The van der Waals surface area contributed by atoms with E-state index in [9.17, 15) is 19.2 Å². The van der Waals surface area contributed by atoms with Gasteiger partial charge in [0.2, 0.25) is 5.91 Å². The van der Waals surface area contributed by atoms with Crippen molar-refractivity contribution in [1.82, 2.24) is 15.1 Å². The number of amides is 2. The van der Waals surface area contributed by atoms with Crippen LogP contribution in [0.1, 0.15) is 42.6 Å². The number of ketones is 2. The molecule has 0 spiro atoms. The first-order valence-corrected chi connectivity index (χ1v) is 12.7. The molecule has 1 fully saturated rings. The fourth-order valence-corrected chi connectivity index (χ4v) is 5.22. The summed E-state index contributed by atoms with van der Waals surface area (Å²) >= 11 is 0. The second kappa shape index (κ2) is 12.0. The third kappa shape index (κ3) is 5.89. The van der Waals surface area contributed by atoms with Crippen LogP contribution >= 0.6 is 0 Å². The van der Waals surface area contributed by atoms with E-state index >= 15 is 0 Å². The molecule has 3 aromatic rings. The fourth-order valence-electron chi connectivity index (χ4n) is 5.22. The molecule has 38 heavy (non-hydrogen) atoms. The van der Waals surface area contributed by atoms with Gasteiger partial charge in [-0.1, -0.05) is 72.8 Å². The van der Waals surface area contributed by atoms with Gasteiger partial charge in [0.25, 0.3) is 5.91 Å². The van der Waals surface area contributed by atoms with Crippen LogP contribution in [0.2, 0.25) is 0 Å². The van der Waals surface area contributed by atoms with Crippen molar-refractivity contribution in [1.29, 1.82) is 0 Å². The Morgan fingerprint density at radius 1 is 0.763 bits per heavy atom. The maximum Gasteiger partial charge on any atom is 0.251 e. The summed E-state index contributed by atoms with van der Waals surface area (Å²) in [6.07, 6.45) is 0. The second-order valence-corrected chi connectivity index (χ2v) is 9.89. The average Bonchev–Trinajstić information content (AvgIpc) is 2.96. The Kier molecular flexibility index (Phi) is 8.48. The zero-order valence-corrected chi connectivity index (χ0v) is 22.0. The summed E-state index contributed by atoms with van der Waals surface area (Å²) in [5.74, 6) is -2.19. The van der Waals surface area contributed by atoms with Crippen molar-refractivity contribution in [3.05, 3.63) is 107 Å². The van der Waals surface area contributed by atoms with Gasteiger partial charge in [-0.25, -0.2) is 0 Å². The molecule has 196 valence electrons. The van der Waals surface area contributed by atoms with Crippen LogP contribution in [0.25, 0.3) is 0 Å². The van der Waals surface area contributed by atoms with E-state index in [4.69, 9.17) is 0 Å². The van der Waals surface area contributed by atoms with E-state index in [1.807, 2.05) is 47.4 Å². The third-order valence-corrected chi connectivity index (χ3v) is 7.19. The van der Waals surface area contributed by atoms with E-state index in [0.717, 1.165) is 5.56 Å². The minimum atomic E-state index is -0.598. The van der Waals surface area contributed by atoms with Crippen LogP contribution in [0.5, 0.6) is 0 Å². The van der Waals surface area contributed by atoms with Crippen molar-refractivity contribution in [3.63, 3.8) is 0 Å². The standard InChI is InChI=1S/C31H33N3O4/c1-32-31(38)24-16-10-15-23(17-24)28-25(29(36)21-11-6-4-7-12-21)18-34(20-27(35)33(2)3)19-26(28)30(37)22-13-8-5-9-14-22/h4-17,25-26,28H,18-20H2,1-3H3,(H,32,38). The lowest BCUT2D eigenvalue weighted by Crippen LogP contribution is -2.52. The van der Waals surface area contributed by atoms with Gasteiger partial charge >= 0.3 is 0 Å². The van der Waals surface area contributed by atoms with E-state index in [2.05, 4.69) is 5.32 Å². The van der Waals surface area contributed by atoms with Crippen LogP contribution in [0.3, 0.4) is 0 Å². The Morgan fingerprint density at radius 2 is 1.26 bits per heavy atom. The van der Waals surface area contributed by atoms with Gasteiger partial charge in [0, 0.05) is 68.7 Å². The largest absolute Gasteiger partial charge is 0.355 e. The number of carbonyl (C=O) groups excluding carboxylic acids is 4. The number of nitrogens with zero attached hydrogens (tertiary/aromatic N) is 2. The minimum absolute atomic E-state index is 0.0891. The number of benzene rings is 3. The van der Waals surface area contributed by atoms with Crippen LogP contribution < -0.4 is 5.32 Å². The number of hydrogen-bond donors (Lipinski definition) is 1. The van der Waals surface area contributed by atoms with Crippen molar-refractivity contribution >= 4 is 23.4 Å². The molecule has 2 amide bonds. The Bertz CT molecular complexity index is 1250. The van der Waals surface area contributed by atoms with Crippen molar-refractivity contribution in [2.24, 2.45) is 11.8 Å². The Hall–Kier alpha value is -4.10. The van der Waals surface area contributed by atoms with E-state index in [1.54, 1.807) is 63.6 Å². The zero-order chi connectivity index (χ0) is 27.2. The molecule has 2 atom stereocenters. The molecular weight excluding hydrogens is 478 g/mol. The number of nitrogens with one attached hydrogen (secondary N) is 1. The van der Waals surface area contributed by atoms with Gasteiger partial charge in [0.1, 0.15) is 0 Å². The van der Waals surface area contributed by atoms with Crippen molar-refractivity contribution in [2.75, 3.05) is 40.8 Å². The summed E-state index contributed by atoms with van der Waals surface area (Å²) in [5.41, 5.74) is 2.33. The molecule has 1 aliphatic rings. The molecular formula is C31H33N3O4. The second-order valence-electron chi connectivity index (χ2n) is 9.89. The number of piperidine rings is 1. The SMILES string of the molecule is CNC(=O)c1cccc(C2C(C(=O)c3ccccc3)CN(CC(=O)N(C)C)CC2C(=O)c2ccccc2)c1. The number of rotatable bonds is 8. The van der Waals surface area contributed by atoms with Crippen LogP contribution in [-0.2, 0) is 4.79 Å². The zero-order valence-electron chi connectivity index (χ0n) is 22.0. The van der Waals surface area contributed by atoms with Gasteiger partial charge in [-0.3, -0.25) is 24.1 Å². The van der Waals surface area contributed by atoms with E-state index in [0.29, 0.717) is 29.8 Å². The molecule has 3 aromatic carbocycles. The Labute approximate surface area is 223 Å². The quantitative estimate of drug-likeness (QED) is 0.468. The van der Waals surface area contributed by atoms with Gasteiger partial charge in [-0.05, 0) is 17.7 Å². The fraction of sp³-hybridized carbons (Fsp3) is 0.290. The monoisotopic (exact) mass is 511 g/mol. The van der Waals surface area contributed by atoms with Crippen molar-refractivity contribution < 1.29 is 19.2 Å². The molecule has 1 N–H and O–H groups in total. The summed E-state index contributed by atoms with van der Waals surface area (Å²) < 4.78 is 0. The number of likely N-dealkylation sites (N-methyl/N-ethyl adjacent to an activating group) is 1. The normalized spacial score (nSPS) is 19.4.